The number of halogens is 1. The molecule has 7 heteroatoms. The molecule has 0 atom stereocenters. The number of guanidine groups is 1. The predicted octanol–water partition coefficient (Wildman–Crippen LogP) is 3.19. The molecule has 1 heterocycles. The molecule has 28 heavy (non-hydrogen) atoms. The topological polar surface area (TPSA) is 53.8 Å². The van der Waals surface area contributed by atoms with E-state index in [4.69, 9.17) is 4.74 Å². The van der Waals surface area contributed by atoms with Gasteiger partial charge in [-0.1, -0.05) is 12.1 Å². The van der Waals surface area contributed by atoms with Gasteiger partial charge in [0.25, 0.3) is 0 Å². The molecule has 0 radical (unpaired) electrons. The van der Waals surface area contributed by atoms with Gasteiger partial charge in [-0.2, -0.15) is 0 Å². The summed E-state index contributed by atoms with van der Waals surface area (Å²) in [6, 6.07) is 12.3. The van der Waals surface area contributed by atoms with Crippen LogP contribution in [-0.2, 0) is 13.1 Å². The number of aliphatic imine (C=N–C) groups is 1. The smallest absolute Gasteiger partial charge is 0.191 e. The molecule has 2 aromatic rings. The maximum Gasteiger partial charge on any atom is 0.191 e. The molecule has 0 aliphatic heterocycles. The predicted molar refractivity (Wildman–Crippen MR) is 128 cm³/mol. The van der Waals surface area contributed by atoms with Crippen LogP contribution in [0.2, 0.25) is 0 Å². The van der Waals surface area contributed by atoms with E-state index in [0.29, 0.717) is 6.54 Å². The highest BCUT2D eigenvalue weighted by atomic mass is 127. The van der Waals surface area contributed by atoms with E-state index in [1.165, 1.54) is 5.56 Å². The van der Waals surface area contributed by atoms with Gasteiger partial charge in [0.1, 0.15) is 5.75 Å². The molecule has 1 aromatic carbocycles. The lowest BCUT2D eigenvalue weighted by Gasteiger charge is -2.12. The van der Waals surface area contributed by atoms with Gasteiger partial charge in [0.05, 0.1) is 13.2 Å². The van der Waals surface area contributed by atoms with Crippen LogP contribution in [-0.4, -0.2) is 55.8 Å². The van der Waals surface area contributed by atoms with Crippen molar-refractivity contribution < 1.29 is 4.74 Å². The molecule has 0 fully saturated rings. The van der Waals surface area contributed by atoms with Crippen LogP contribution in [0.5, 0.6) is 5.75 Å². The Morgan fingerprint density at radius 3 is 2.46 bits per heavy atom. The fourth-order valence-corrected chi connectivity index (χ4v) is 2.60. The van der Waals surface area contributed by atoms with Crippen molar-refractivity contribution in [3.63, 3.8) is 0 Å². The summed E-state index contributed by atoms with van der Waals surface area (Å²) in [5, 5.41) is 6.66. The Bertz CT molecular complexity index is 656. The number of hydrogen-bond acceptors (Lipinski definition) is 3. The minimum absolute atomic E-state index is 0. The van der Waals surface area contributed by atoms with Crippen LogP contribution < -0.4 is 15.4 Å². The van der Waals surface area contributed by atoms with Gasteiger partial charge in [-0.3, -0.25) is 0 Å². The highest BCUT2D eigenvalue weighted by Gasteiger charge is 1.99. The van der Waals surface area contributed by atoms with E-state index < -0.39 is 0 Å². The molecule has 0 saturated heterocycles. The summed E-state index contributed by atoms with van der Waals surface area (Å²) >= 11 is 0. The standard InChI is InChI=1S/C21H33N5O.HI/c1-4-22-21(23-12-16-26-14-5-6-15-26)24-18-19-8-10-20(11-9-19)27-17-7-13-25(2)3;/h5-6,8-11,14-15H,4,7,12-13,16-18H2,1-3H3,(H2,22,23,24);1H. The minimum atomic E-state index is 0. The average Bonchev–Trinajstić information content (AvgIpc) is 3.17. The van der Waals surface area contributed by atoms with Crippen LogP contribution in [0.15, 0.2) is 53.8 Å². The quantitative estimate of drug-likeness (QED) is 0.216. The van der Waals surface area contributed by atoms with Gasteiger partial charge in [-0.25, -0.2) is 4.99 Å². The molecule has 6 nitrogen and oxygen atoms in total. The molecule has 0 saturated carbocycles. The lowest BCUT2D eigenvalue weighted by Crippen LogP contribution is -2.38. The van der Waals surface area contributed by atoms with Crippen molar-refractivity contribution in [1.82, 2.24) is 20.1 Å². The zero-order valence-corrected chi connectivity index (χ0v) is 19.6. The highest BCUT2D eigenvalue weighted by molar-refractivity contribution is 14.0. The number of aromatic nitrogens is 1. The number of rotatable bonds is 11. The molecular formula is C21H34IN5O. The molecule has 156 valence electrons. The van der Waals surface area contributed by atoms with Gasteiger partial charge in [0, 0.05) is 38.6 Å². The first-order valence-corrected chi connectivity index (χ1v) is 9.67. The van der Waals surface area contributed by atoms with Gasteiger partial charge < -0.3 is 24.8 Å². The Balaban J connectivity index is 0.00000392. The summed E-state index contributed by atoms with van der Waals surface area (Å²) in [4.78, 5) is 6.83. The maximum atomic E-state index is 5.77. The summed E-state index contributed by atoms with van der Waals surface area (Å²) in [6.45, 7) is 7.08. The van der Waals surface area contributed by atoms with Gasteiger partial charge >= 0.3 is 0 Å². The van der Waals surface area contributed by atoms with Crippen LogP contribution >= 0.6 is 24.0 Å². The van der Waals surface area contributed by atoms with E-state index in [-0.39, 0.29) is 24.0 Å². The van der Waals surface area contributed by atoms with Crippen molar-refractivity contribution in [2.24, 2.45) is 4.99 Å². The van der Waals surface area contributed by atoms with Crippen molar-refractivity contribution >= 4 is 29.9 Å². The highest BCUT2D eigenvalue weighted by Crippen LogP contribution is 2.13. The molecule has 0 aliphatic carbocycles. The molecule has 2 N–H and O–H groups in total. The van der Waals surface area contributed by atoms with Gasteiger partial charge in [-0.15, -0.1) is 24.0 Å². The van der Waals surface area contributed by atoms with Crippen LogP contribution in [0.3, 0.4) is 0 Å². The summed E-state index contributed by atoms with van der Waals surface area (Å²) in [6.07, 6.45) is 5.16. The van der Waals surface area contributed by atoms with Crippen molar-refractivity contribution in [1.29, 1.82) is 0 Å². The van der Waals surface area contributed by atoms with Crippen LogP contribution in [0.4, 0.5) is 0 Å². The van der Waals surface area contributed by atoms with E-state index in [0.717, 1.165) is 50.9 Å². The molecule has 0 amide bonds. The first-order valence-electron chi connectivity index (χ1n) is 9.67. The Morgan fingerprint density at radius 1 is 1.11 bits per heavy atom. The average molecular weight is 499 g/mol. The second-order valence-corrected chi connectivity index (χ2v) is 6.69. The van der Waals surface area contributed by atoms with Crippen LogP contribution in [0.1, 0.15) is 18.9 Å². The van der Waals surface area contributed by atoms with E-state index in [1.54, 1.807) is 0 Å². The monoisotopic (exact) mass is 499 g/mol. The maximum absolute atomic E-state index is 5.77. The normalized spacial score (nSPS) is 11.2. The second-order valence-electron chi connectivity index (χ2n) is 6.69. The number of hydrogen-bond donors (Lipinski definition) is 2. The van der Waals surface area contributed by atoms with E-state index in [1.807, 2.05) is 24.3 Å². The number of nitrogens with one attached hydrogen (secondary N) is 2. The third-order valence-electron chi connectivity index (χ3n) is 4.03. The van der Waals surface area contributed by atoms with E-state index in [2.05, 4.69) is 70.6 Å². The number of ether oxygens (including phenoxy) is 1. The van der Waals surface area contributed by atoms with E-state index in [9.17, 15) is 0 Å². The molecular weight excluding hydrogens is 465 g/mol. The summed E-state index contributed by atoms with van der Waals surface area (Å²) < 4.78 is 7.92. The second kappa shape index (κ2) is 14.3. The minimum Gasteiger partial charge on any atom is -0.494 e. The first-order chi connectivity index (χ1) is 13.2. The molecule has 0 unspecified atom stereocenters. The van der Waals surface area contributed by atoms with Crippen LogP contribution in [0.25, 0.3) is 0 Å². The molecule has 0 bridgehead atoms. The Hall–Kier alpha value is -1.74. The van der Waals surface area contributed by atoms with Gasteiger partial charge in [0.2, 0.25) is 0 Å². The van der Waals surface area contributed by atoms with Crippen LogP contribution in [0, 0.1) is 0 Å². The van der Waals surface area contributed by atoms with Crippen molar-refractivity contribution in [2.75, 3.05) is 40.3 Å². The Kier molecular flexibility index (Phi) is 12.4. The number of nitrogens with zero attached hydrogens (tertiary/aromatic N) is 3. The molecule has 1 aromatic heterocycles. The molecule has 0 aliphatic rings. The first kappa shape index (κ1) is 24.3. The summed E-state index contributed by atoms with van der Waals surface area (Å²) in [7, 11) is 4.15. The Morgan fingerprint density at radius 2 is 1.82 bits per heavy atom. The van der Waals surface area contributed by atoms with E-state index >= 15 is 0 Å². The molecule has 2 rings (SSSR count). The fourth-order valence-electron chi connectivity index (χ4n) is 2.60. The zero-order chi connectivity index (χ0) is 19.3. The van der Waals surface area contributed by atoms with Gasteiger partial charge in [-0.05, 0) is 57.3 Å². The fraction of sp³-hybridized carbons (Fsp3) is 0.476. The molecule has 0 spiro atoms. The van der Waals surface area contributed by atoms with Crippen molar-refractivity contribution in [2.45, 2.75) is 26.4 Å². The third kappa shape index (κ3) is 9.98. The lowest BCUT2D eigenvalue weighted by atomic mass is 10.2. The zero-order valence-electron chi connectivity index (χ0n) is 17.2. The summed E-state index contributed by atoms with van der Waals surface area (Å²) in [5.74, 6) is 1.76. The lowest BCUT2D eigenvalue weighted by molar-refractivity contribution is 0.281. The summed E-state index contributed by atoms with van der Waals surface area (Å²) in [5.41, 5.74) is 1.17. The van der Waals surface area contributed by atoms with Crippen molar-refractivity contribution in [3.05, 3.63) is 54.4 Å². The van der Waals surface area contributed by atoms with Crippen molar-refractivity contribution in [3.8, 4) is 5.75 Å². The SMILES string of the molecule is CCNC(=NCc1ccc(OCCCN(C)C)cc1)NCCn1cccc1.I. The largest absolute Gasteiger partial charge is 0.494 e. The third-order valence-corrected chi connectivity index (χ3v) is 4.03. The Labute approximate surface area is 186 Å². The number of benzene rings is 1. The van der Waals surface area contributed by atoms with Gasteiger partial charge in [0.15, 0.2) is 5.96 Å².